The number of allylic oxidation sites excluding steroid dienone is 1. The molecule has 1 saturated heterocycles. The lowest BCUT2D eigenvalue weighted by Gasteiger charge is -2.51. The van der Waals surface area contributed by atoms with Gasteiger partial charge in [0.25, 0.3) is 0 Å². The average Bonchev–Trinajstić information content (AvgIpc) is 2.34. The number of rotatable bonds is 3. The molecule has 1 aliphatic heterocycles. The Balaban J connectivity index is 2.26. The molecule has 2 rings (SSSR count). The van der Waals surface area contributed by atoms with E-state index in [2.05, 4.69) is 13.0 Å². The maximum Gasteiger partial charge on any atom is 0.0713 e. The smallest absolute Gasteiger partial charge is 0.0713 e. The SMILES string of the molecule is CC1=CC[C@]2(CO)CO[C@H](C(C)(C)CO)[C@@H]1C2. The molecule has 3 atom stereocenters. The standard InChI is InChI=1S/C14H24O3/c1-10-4-5-14(8-16)6-11(10)12(17-9-14)13(2,3)7-15/h4,11-12,15-16H,5-9H2,1-3H3/t11-,12+,14+/m1/s1. The van der Waals surface area contributed by atoms with E-state index in [4.69, 9.17) is 4.74 Å². The molecule has 0 radical (unpaired) electrons. The van der Waals surface area contributed by atoms with Crippen molar-refractivity contribution in [1.29, 1.82) is 0 Å². The van der Waals surface area contributed by atoms with Crippen molar-refractivity contribution >= 4 is 0 Å². The first-order chi connectivity index (χ1) is 7.94. The number of ether oxygens (including phenoxy) is 1. The fraction of sp³-hybridized carbons (Fsp3) is 0.857. The van der Waals surface area contributed by atoms with Gasteiger partial charge in [0, 0.05) is 16.7 Å². The lowest BCUT2D eigenvalue weighted by atomic mass is 9.63. The Morgan fingerprint density at radius 2 is 2.18 bits per heavy atom. The lowest BCUT2D eigenvalue weighted by molar-refractivity contribution is -0.158. The summed E-state index contributed by atoms with van der Waals surface area (Å²) in [7, 11) is 0. The molecule has 0 amide bonds. The third-order valence-electron chi connectivity index (χ3n) is 4.54. The zero-order valence-corrected chi connectivity index (χ0v) is 11.1. The molecule has 98 valence electrons. The van der Waals surface area contributed by atoms with Crippen LogP contribution in [0, 0.1) is 16.7 Å². The maximum absolute atomic E-state index is 9.57. The molecule has 0 aromatic carbocycles. The minimum absolute atomic E-state index is 0.0590. The summed E-state index contributed by atoms with van der Waals surface area (Å²) in [5.74, 6) is 0.340. The third-order valence-corrected chi connectivity index (χ3v) is 4.54. The number of fused-ring (bicyclic) bond motifs is 2. The van der Waals surface area contributed by atoms with Gasteiger partial charge in [-0.25, -0.2) is 0 Å². The van der Waals surface area contributed by atoms with Gasteiger partial charge in [-0.15, -0.1) is 0 Å². The van der Waals surface area contributed by atoms with Crippen LogP contribution in [0.4, 0.5) is 0 Å². The first-order valence-corrected chi connectivity index (χ1v) is 6.44. The van der Waals surface area contributed by atoms with Crippen LogP contribution in [-0.4, -0.2) is 36.1 Å². The van der Waals surface area contributed by atoms with Crippen LogP contribution in [0.1, 0.15) is 33.6 Å². The van der Waals surface area contributed by atoms with Crippen molar-refractivity contribution in [2.24, 2.45) is 16.7 Å². The molecule has 17 heavy (non-hydrogen) atoms. The Bertz CT molecular complexity index is 321. The molecule has 0 saturated carbocycles. The topological polar surface area (TPSA) is 49.7 Å². The van der Waals surface area contributed by atoms with Crippen LogP contribution in [-0.2, 0) is 4.74 Å². The van der Waals surface area contributed by atoms with Gasteiger partial charge in [-0.05, 0) is 19.8 Å². The predicted octanol–water partition coefficient (Wildman–Crippen LogP) is 1.74. The molecule has 2 aliphatic rings. The molecule has 2 N–H and O–H groups in total. The van der Waals surface area contributed by atoms with Gasteiger partial charge in [0.05, 0.1) is 25.9 Å². The minimum Gasteiger partial charge on any atom is -0.396 e. The van der Waals surface area contributed by atoms with E-state index in [0.29, 0.717) is 12.5 Å². The van der Waals surface area contributed by atoms with Crippen molar-refractivity contribution in [3.05, 3.63) is 11.6 Å². The van der Waals surface area contributed by atoms with Crippen molar-refractivity contribution in [2.75, 3.05) is 19.8 Å². The number of hydrogen-bond acceptors (Lipinski definition) is 3. The molecule has 0 spiro atoms. The average molecular weight is 240 g/mol. The highest BCUT2D eigenvalue weighted by Gasteiger charge is 2.48. The van der Waals surface area contributed by atoms with Gasteiger partial charge in [-0.3, -0.25) is 0 Å². The molecular weight excluding hydrogens is 216 g/mol. The highest BCUT2D eigenvalue weighted by atomic mass is 16.5. The van der Waals surface area contributed by atoms with Crippen molar-refractivity contribution in [2.45, 2.75) is 39.7 Å². The normalized spacial score (nSPS) is 37.8. The van der Waals surface area contributed by atoms with E-state index in [-0.39, 0.29) is 30.1 Å². The summed E-state index contributed by atoms with van der Waals surface area (Å²) in [5, 5.41) is 19.1. The van der Waals surface area contributed by atoms with E-state index in [1.165, 1.54) is 5.57 Å². The molecule has 1 heterocycles. The van der Waals surface area contributed by atoms with Gasteiger partial charge in [0.2, 0.25) is 0 Å². The van der Waals surface area contributed by atoms with E-state index in [9.17, 15) is 10.2 Å². The predicted molar refractivity (Wildman–Crippen MR) is 66.6 cm³/mol. The second kappa shape index (κ2) is 4.38. The summed E-state index contributed by atoms with van der Waals surface area (Å²) in [4.78, 5) is 0. The van der Waals surface area contributed by atoms with Gasteiger partial charge >= 0.3 is 0 Å². The largest absolute Gasteiger partial charge is 0.396 e. The Labute approximate surface area is 103 Å². The van der Waals surface area contributed by atoms with Crippen molar-refractivity contribution in [3.63, 3.8) is 0 Å². The number of aliphatic hydroxyl groups excluding tert-OH is 2. The van der Waals surface area contributed by atoms with Crippen LogP contribution in [0.25, 0.3) is 0 Å². The molecule has 0 unspecified atom stereocenters. The Morgan fingerprint density at radius 1 is 1.47 bits per heavy atom. The fourth-order valence-corrected chi connectivity index (χ4v) is 3.12. The van der Waals surface area contributed by atoms with Gasteiger partial charge in [-0.2, -0.15) is 0 Å². The summed E-state index contributed by atoms with van der Waals surface area (Å²) in [6.07, 6.45) is 4.20. The van der Waals surface area contributed by atoms with Crippen molar-refractivity contribution < 1.29 is 14.9 Å². The van der Waals surface area contributed by atoms with Crippen LogP contribution in [0.15, 0.2) is 11.6 Å². The first-order valence-electron chi connectivity index (χ1n) is 6.44. The zero-order chi connectivity index (χ0) is 12.7. The Kier molecular flexibility index (Phi) is 3.36. The van der Waals surface area contributed by atoms with Crippen LogP contribution in [0.3, 0.4) is 0 Å². The van der Waals surface area contributed by atoms with E-state index in [1.807, 2.05) is 13.8 Å². The second-order valence-electron chi connectivity index (χ2n) is 6.50. The first kappa shape index (κ1) is 13.1. The summed E-state index contributed by atoms with van der Waals surface area (Å²) in [6.45, 7) is 7.17. The molecule has 3 heteroatoms. The maximum atomic E-state index is 9.57. The van der Waals surface area contributed by atoms with Crippen LogP contribution < -0.4 is 0 Å². The molecular formula is C14H24O3. The number of hydrogen-bond donors (Lipinski definition) is 2. The molecule has 0 aromatic rings. The van der Waals surface area contributed by atoms with Crippen molar-refractivity contribution in [3.8, 4) is 0 Å². The van der Waals surface area contributed by atoms with E-state index < -0.39 is 0 Å². The van der Waals surface area contributed by atoms with Crippen LogP contribution in [0.2, 0.25) is 0 Å². The van der Waals surface area contributed by atoms with E-state index in [0.717, 1.165) is 12.8 Å². The Hall–Kier alpha value is -0.380. The molecule has 3 nitrogen and oxygen atoms in total. The van der Waals surface area contributed by atoms with Gasteiger partial charge in [0.15, 0.2) is 0 Å². The third kappa shape index (κ3) is 2.16. The van der Waals surface area contributed by atoms with Crippen LogP contribution in [0.5, 0.6) is 0 Å². The molecule has 2 bridgehead atoms. The van der Waals surface area contributed by atoms with Gasteiger partial charge in [0.1, 0.15) is 0 Å². The minimum atomic E-state index is -0.223. The van der Waals surface area contributed by atoms with E-state index >= 15 is 0 Å². The summed E-state index contributed by atoms with van der Waals surface area (Å²) in [6, 6.07) is 0. The van der Waals surface area contributed by atoms with Gasteiger partial charge < -0.3 is 14.9 Å². The molecule has 0 aromatic heterocycles. The number of aliphatic hydroxyl groups is 2. The van der Waals surface area contributed by atoms with E-state index in [1.54, 1.807) is 0 Å². The quantitative estimate of drug-likeness (QED) is 0.739. The van der Waals surface area contributed by atoms with Crippen molar-refractivity contribution in [1.82, 2.24) is 0 Å². The van der Waals surface area contributed by atoms with Crippen LogP contribution >= 0.6 is 0 Å². The second-order valence-corrected chi connectivity index (χ2v) is 6.50. The lowest BCUT2D eigenvalue weighted by Crippen LogP contribution is -2.52. The highest BCUT2D eigenvalue weighted by Crippen LogP contribution is 2.48. The Morgan fingerprint density at radius 3 is 2.76 bits per heavy atom. The molecule has 1 fully saturated rings. The summed E-state index contributed by atoms with van der Waals surface area (Å²) in [5.41, 5.74) is 1.05. The highest BCUT2D eigenvalue weighted by molar-refractivity contribution is 5.17. The monoisotopic (exact) mass is 240 g/mol. The van der Waals surface area contributed by atoms with Gasteiger partial charge in [-0.1, -0.05) is 25.5 Å². The fourth-order valence-electron chi connectivity index (χ4n) is 3.12. The summed E-state index contributed by atoms with van der Waals surface area (Å²) >= 11 is 0. The zero-order valence-electron chi connectivity index (χ0n) is 11.1. The summed E-state index contributed by atoms with van der Waals surface area (Å²) < 4.78 is 6.00. The molecule has 1 aliphatic carbocycles.